The highest BCUT2D eigenvalue weighted by molar-refractivity contribution is 7.71. The first-order valence-electron chi connectivity index (χ1n) is 6.09. The first-order valence-corrected chi connectivity index (χ1v) is 6.50. The zero-order valence-corrected chi connectivity index (χ0v) is 11.3. The molecule has 5 heteroatoms. The summed E-state index contributed by atoms with van der Waals surface area (Å²) in [5.74, 6) is 0. The lowest BCUT2D eigenvalue weighted by Gasteiger charge is -2.02. The van der Waals surface area contributed by atoms with Crippen molar-refractivity contribution in [3.63, 3.8) is 0 Å². The van der Waals surface area contributed by atoms with Crippen molar-refractivity contribution in [1.29, 1.82) is 0 Å². The minimum Gasteiger partial charge on any atom is -0.330 e. The van der Waals surface area contributed by atoms with Crippen molar-refractivity contribution in [1.82, 2.24) is 9.66 Å². The van der Waals surface area contributed by atoms with Crippen molar-refractivity contribution in [2.24, 2.45) is 5.10 Å². The third-order valence-corrected chi connectivity index (χ3v) is 3.18. The number of benzene rings is 2. The molecule has 0 aliphatic rings. The van der Waals surface area contributed by atoms with E-state index in [1.54, 1.807) is 12.3 Å². The van der Waals surface area contributed by atoms with Gasteiger partial charge < -0.3 is 4.98 Å². The van der Waals surface area contributed by atoms with E-state index in [0.717, 1.165) is 5.56 Å². The Labute approximate surface area is 120 Å². The summed E-state index contributed by atoms with van der Waals surface area (Å²) >= 11 is 5.18. The summed E-state index contributed by atoms with van der Waals surface area (Å²) in [6, 6.07) is 16.8. The van der Waals surface area contributed by atoms with Gasteiger partial charge in [0.2, 0.25) is 4.77 Å². The molecule has 0 aliphatic heterocycles. The Balaban J connectivity index is 2.15. The number of hydrogen-bond donors (Lipinski definition) is 1. The minimum atomic E-state index is -0.225. The molecule has 0 fully saturated rings. The van der Waals surface area contributed by atoms with E-state index in [1.807, 2.05) is 48.5 Å². The highest BCUT2D eigenvalue weighted by atomic mass is 32.1. The van der Waals surface area contributed by atoms with Gasteiger partial charge in [0.15, 0.2) is 0 Å². The molecule has 0 radical (unpaired) electrons. The van der Waals surface area contributed by atoms with E-state index in [9.17, 15) is 4.79 Å². The van der Waals surface area contributed by atoms with E-state index in [-0.39, 0.29) is 10.3 Å². The second-order valence-corrected chi connectivity index (χ2v) is 4.63. The van der Waals surface area contributed by atoms with Crippen LogP contribution < -0.4 is 5.56 Å². The molecule has 0 amide bonds. The molecule has 0 saturated heterocycles. The number of nitrogens with zero attached hydrogens (tertiary/aromatic N) is 2. The number of aromatic nitrogens is 2. The molecule has 2 aromatic carbocycles. The molecule has 1 heterocycles. The van der Waals surface area contributed by atoms with Gasteiger partial charge in [0.25, 0.3) is 5.56 Å². The van der Waals surface area contributed by atoms with Crippen LogP contribution in [0.2, 0.25) is 0 Å². The number of aromatic amines is 1. The van der Waals surface area contributed by atoms with Crippen LogP contribution in [0.1, 0.15) is 5.56 Å². The number of rotatable bonds is 2. The van der Waals surface area contributed by atoms with Gasteiger partial charge in [-0.15, -0.1) is 0 Å². The smallest absolute Gasteiger partial charge is 0.282 e. The highest BCUT2D eigenvalue weighted by Gasteiger charge is 2.03. The van der Waals surface area contributed by atoms with E-state index in [2.05, 4.69) is 10.1 Å². The Hall–Kier alpha value is -2.53. The quantitative estimate of drug-likeness (QED) is 0.580. The maximum Gasteiger partial charge on any atom is 0.282 e. The monoisotopic (exact) mass is 281 g/mol. The van der Waals surface area contributed by atoms with Crippen molar-refractivity contribution < 1.29 is 0 Å². The van der Waals surface area contributed by atoms with Crippen LogP contribution in [0.3, 0.4) is 0 Å². The van der Waals surface area contributed by atoms with E-state index < -0.39 is 0 Å². The molecule has 0 bridgehead atoms. The largest absolute Gasteiger partial charge is 0.330 e. The number of para-hydroxylation sites is 1. The van der Waals surface area contributed by atoms with Gasteiger partial charge in [-0.3, -0.25) is 4.79 Å². The Kier molecular flexibility index (Phi) is 3.26. The molecule has 98 valence electrons. The molecule has 0 atom stereocenters. The van der Waals surface area contributed by atoms with Crippen LogP contribution in [0.25, 0.3) is 10.9 Å². The van der Waals surface area contributed by atoms with E-state index in [4.69, 9.17) is 12.2 Å². The summed E-state index contributed by atoms with van der Waals surface area (Å²) < 4.78 is 1.48. The van der Waals surface area contributed by atoms with E-state index in [1.165, 1.54) is 4.68 Å². The maximum absolute atomic E-state index is 12.3. The van der Waals surface area contributed by atoms with Gasteiger partial charge >= 0.3 is 0 Å². The zero-order chi connectivity index (χ0) is 13.9. The van der Waals surface area contributed by atoms with Gasteiger partial charge in [0.05, 0.1) is 17.1 Å². The topological polar surface area (TPSA) is 50.1 Å². The van der Waals surface area contributed by atoms with Crippen LogP contribution in [0.4, 0.5) is 0 Å². The van der Waals surface area contributed by atoms with E-state index in [0.29, 0.717) is 10.9 Å². The summed E-state index contributed by atoms with van der Waals surface area (Å²) in [5, 5.41) is 4.73. The van der Waals surface area contributed by atoms with Crippen LogP contribution in [-0.4, -0.2) is 15.9 Å². The van der Waals surface area contributed by atoms with E-state index >= 15 is 0 Å². The molecule has 4 nitrogen and oxygen atoms in total. The van der Waals surface area contributed by atoms with Gasteiger partial charge in [0, 0.05) is 0 Å². The lowest BCUT2D eigenvalue weighted by atomic mass is 10.2. The first-order chi connectivity index (χ1) is 9.75. The average molecular weight is 281 g/mol. The number of nitrogens with one attached hydrogen (secondary N) is 1. The van der Waals surface area contributed by atoms with Gasteiger partial charge in [0.1, 0.15) is 0 Å². The molecule has 3 aromatic rings. The third kappa shape index (κ3) is 2.31. The van der Waals surface area contributed by atoms with Crippen molar-refractivity contribution in [3.8, 4) is 0 Å². The summed E-state index contributed by atoms with van der Waals surface area (Å²) in [5.41, 5.74) is 1.40. The van der Waals surface area contributed by atoms with Crippen LogP contribution in [0, 0.1) is 4.77 Å². The molecule has 0 unspecified atom stereocenters. The predicted octanol–water partition coefficient (Wildman–Crippen LogP) is 2.94. The van der Waals surface area contributed by atoms with Gasteiger partial charge in [-0.2, -0.15) is 9.78 Å². The van der Waals surface area contributed by atoms with Crippen LogP contribution in [0.15, 0.2) is 64.5 Å². The Morgan fingerprint density at radius 2 is 1.75 bits per heavy atom. The zero-order valence-electron chi connectivity index (χ0n) is 10.5. The molecular formula is C15H11N3OS. The van der Waals surface area contributed by atoms with Crippen molar-refractivity contribution >= 4 is 29.3 Å². The third-order valence-electron chi connectivity index (χ3n) is 2.91. The lowest BCUT2D eigenvalue weighted by molar-refractivity contribution is 0.800. The first kappa shape index (κ1) is 12.5. The normalized spacial score (nSPS) is 11.2. The number of hydrogen-bond acceptors (Lipinski definition) is 3. The van der Waals surface area contributed by atoms with Crippen LogP contribution in [-0.2, 0) is 0 Å². The van der Waals surface area contributed by atoms with Crippen molar-refractivity contribution in [3.05, 3.63) is 75.3 Å². The fourth-order valence-electron chi connectivity index (χ4n) is 1.92. The molecule has 1 N–H and O–H groups in total. The second kappa shape index (κ2) is 5.22. The second-order valence-electron chi connectivity index (χ2n) is 4.25. The van der Waals surface area contributed by atoms with Crippen LogP contribution in [0.5, 0.6) is 0 Å². The highest BCUT2D eigenvalue weighted by Crippen LogP contribution is 2.05. The fourth-order valence-corrected chi connectivity index (χ4v) is 2.16. The minimum absolute atomic E-state index is 0.225. The Bertz CT molecular complexity index is 894. The Morgan fingerprint density at radius 1 is 1.05 bits per heavy atom. The van der Waals surface area contributed by atoms with Gasteiger partial charge in [-0.1, -0.05) is 42.5 Å². The summed E-state index contributed by atoms with van der Waals surface area (Å²) in [7, 11) is 0. The standard InChI is InChI=1S/C15H11N3OS/c19-14-12-8-4-5-9-13(12)17-15(20)18(14)16-10-11-6-2-1-3-7-11/h1-10H,(H,17,20)/b16-10+. The predicted molar refractivity (Wildman–Crippen MR) is 82.8 cm³/mol. The summed E-state index contributed by atoms with van der Waals surface area (Å²) in [4.78, 5) is 15.3. The van der Waals surface area contributed by atoms with Crippen LogP contribution >= 0.6 is 12.2 Å². The fraction of sp³-hybridized carbons (Fsp3) is 0. The number of fused-ring (bicyclic) bond motifs is 1. The molecule has 3 rings (SSSR count). The molecule has 1 aromatic heterocycles. The van der Waals surface area contributed by atoms with Crippen molar-refractivity contribution in [2.45, 2.75) is 0 Å². The maximum atomic E-state index is 12.3. The molecule has 20 heavy (non-hydrogen) atoms. The van der Waals surface area contributed by atoms with Crippen molar-refractivity contribution in [2.75, 3.05) is 0 Å². The van der Waals surface area contributed by atoms with Gasteiger partial charge in [-0.05, 0) is 29.9 Å². The molecular weight excluding hydrogens is 270 g/mol. The average Bonchev–Trinajstić information content (AvgIpc) is 2.48. The molecule has 0 saturated carbocycles. The SMILES string of the molecule is O=c1c2ccccc2[nH]c(=S)n1/N=C/c1ccccc1. The van der Waals surface area contributed by atoms with Gasteiger partial charge in [-0.25, -0.2) is 0 Å². The Morgan fingerprint density at radius 3 is 2.55 bits per heavy atom. The molecule has 0 aliphatic carbocycles. The summed E-state index contributed by atoms with van der Waals surface area (Å²) in [6.07, 6.45) is 1.61. The molecule has 0 spiro atoms. The number of H-pyrrole nitrogens is 1. The lowest BCUT2D eigenvalue weighted by Crippen LogP contribution is -2.18. The summed E-state index contributed by atoms with van der Waals surface area (Å²) in [6.45, 7) is 0.